The van der Waals surface area contributed by atoms with Gasteiger partial charge in [-0.25, -0.2) is 18.1 Å². The molecule has 1 aromatic rings. The summed E-state index contributed by atoms with van der Waals surface area (Å²) in [5.74, 6) is 0.373. The van der Waals surface area contributed by atoms with Crippen LogP contribution in [0.5, 0.6) is 0 Å². The predicted octanol–water partition coefficient (Wildman–Crippen LogP) is 1.52. The molecule has 0 unspecified atom stereocenters. The smallest absolute Gasteiger partial charge is 0.258 e. The highest BCUT2D eigenvalue weighted by Gasteiger charge is 2.16. The van der Waals surface area contributed by atoms with E-state index in [9.17, 15) is 8.42 Å². The second kappa shape index (κ2) is 7.57. The summed E-state index contributed by atoms with van der Waals surface area (Å²) in [5, 5.41) is 3.07. The quantitative estimate of drug-likeness (QED) is 0.759. The van der Waals surface area contributed by atoms with Crippen LogP contribution < -0.4 is 10.0 Å². The maximum absolute atomic E-state index is 12.0. The van der Waals surface area contributed by atoms with Gasteiger partial charge in [-0.3, -0.25) is 0 Å². The highest BCUT2D eigenvalue weighted by Crippen LogP contribution is 2.10. The van der Waals surface area contributed by atoms with Crippen LogP contribution in [0.15, 0.2) is 23.4 Å². The predicted molar refractivity (Wildman–Crippen MR) is 76.3 cm³/mol. The molecular weight excluding hydrogens is 262 g/mol. The van der Waals surface area contributed by atoms with Crippen molar-refractivity contribution in [1.29, 1.82) is 0 Å². The average Bonchev–Trinajstić information content (AvgIpc) is 2.41. The maximum atomic E-state index is 12.0. The zero-order chi connectivity index (χ0) is 14.3. The Morgan fingerprint density at radius 1 is 1.26 bits per heavy atom. The van der Waals surface area contributed by atoms with E-state index >= 15 is 0 Å². The molecule has 6 heteroatoms. The van der Waals surface area contributed by atoms with Crippen molar-refractivity contribution in [2.75, 3.05) is 13.6 Å². The Kier molecular flexibility index (Phi) is 6.41. The molecule has 0 aliphatic rings. The SMILES string of the molecule is CCC(CC)CNS(=O)(=O)c1ccc(CNC)cn1. The average molecular weight is 285 g/mol. The number of pyridine rings is 1. The van der Waals surface area contributed by atoms with Gasteiger partial charge >= 0.3 is 0 Å². The van der Waals surface area contributed by atoms with Gasteiger partial charge in [0.2, 0.25) is 0 Å². The molecule has 1 aromatic heterocycles. The monoisotopic (exact) mass is 285 g/mol. The molecule has 0 fully saturated rings. The van der Waals surface area contributed by atoms with Crippen LogP contribution in [0.3, 0.4) is 0 Å². The summed E-state index contributed by atoms with van der Waals surface area (Å²) in [4.78, 5) is 4.01. The Hall–Kier alpha value is -0.980. The normalized spacial score (nSPS) is 12.0. The van der Waals surface area contributed by atoms with Gasteiger partial charge in [0.25, 0.3) is 10.0 Å². The van der Waals surface area contributed by atoms with E-state index in [-0.39, 0.29) is 5.03 Å². The maximum Gasteiger partial charge on any atom is 0.258 e. The van der Waals surface area contributed by atoms with Crippen molar-refractivity contribution in [3.05, 3.63) is 23.9 Å². The molecule has 5 nitrogen and oxygen atoms in total. The van der Waals surface area contributed by atoms with Crippen molar-refractivity contribution in [3.63, 3.8) is 0 Å². The molecule has 0 aromatic carbocycles. The van der Waals surface area contributed by atoms with Crippen LogP contribution in [0.25, 0.3) is 0 Å². The summed E-state index contributed by atoms with van der Waals surface area (Å²) < 4.78 is 26.7. The molecule has 0 aliphatic heterocycles. The van der Waals surface area contributed by atoms with Crippen LogP contribution in [-0.2, 0) is 16.6 Å². The van der Waals surface area contributed by atoms with E-state index in [0.717, 1.165) is 18.4 Å². The molecule has 1 heterocycles. The van der Waals surface area contributed by atoms with Gasteiger partial charge in [-0.15, -0.1) is 0 Å². The first-order valence-electron chi connectivity index (χ1n) is 6.62. The summed E-state index contributed by atoms with van der Waals surface area (Å²) in [6, 6.07) is 3.32. The zero-order valence-corrected chi connectivity index (χ0v) is 12.6. The molecule has 0 radical (unpaired) electrons. The van der Waals surface area contributed by atoms with Gasteiger partial charge in [0.15, 0.2) is 5.03 Å². The van der Waals surface area contributed by atoms with E-state index in [1.54, 1.807) is 18.3 Å². The molecule has 0 aliphatic carbocycles. The highest BCUT2D eigenvalue weighted by molar-refractivity contribution is 7.89. The fourth-order valence-corrected chi connectivity index (χ4v) is 2.80. The van der Waals surface area contributed by atoms with Crippen LogP contribution in [-0.4, -0.2) is 27.0 Å². The molecule has 0 atom stereocenters. The molecular formula is C13H23N3O2S. The first kappa shape index (κ1) is 16.1. The van der Waals surface area contributed by atoms with E-state index in [2.05, 4.69) is 28.9 Å². The Morgan fingerprint density at radius 2 is 1.95 bits per heavy atom. The first-order chi connectivity index (χ1) is 9.03. The Balaban J connectivity index is 2.71. The van der Waals surface area contributed by atoms with Gasteiger partial charge in [0, 0.05) is 19.3 Å². The topological polar surface area (TPSA) is 71.1 Å². The highest BCUT2D eigenvalue weighted by atomic mass is 32.2. The summed E-state index contributed by atoms with van der Waals surface area (Å²) in [6.45, 7) is 5.27. The second-order valence-electron chi connectivity index (χ2n) is 4.57. The number of hydrogen-bond acceptors (Lipinski definition) is 4. The van der Waals surface area contributed by atoms with E-state index in [0.29, 0.717) is 19.0 Å². The van der Waals surface area contributed by atoms with E-state index in [1.807, 2.05) is 7.05 Å². The Labute approximate surface area is 115 Å². The molecule has 1 rings (SSSR count). The number of sulfonamides is 1. The summed E-state index contributed by atoms with van der Waals surface area (Å²) in [7, 11) is -1.65. The molecule has 2 N–H and O–H groups in total. The van der Waals surface area contributed by atoms with Crippen LogP contribution in [0.1, 0.15) is 32.3 Å². The third-order valence-corrected chi connectivity index (χ3v) is 4.51. The lowest BCUT2D eigenvalue weighted by Gasteiger charge is -2.13. The number of aromatic nitrogens is 1. The van der Waals surface area contributed by atoms with Gasteiger partial charge < -0.3 is 5.32 Å². The van der Waals surface area contributed by atoms with E-state index in [1.165, 1.54) is 0 Å². The third-order valence-electron chi connectivity index (χ3n) is 3.17. The molecule has 0 saturated carbocycles. The standard InChI is InChI=1S/C13H23N3O2S/c1-4-11(5-2)10-16-19(17,18)13-7-6-12(8-14-3)9-15-13/h6-7,9,11,14,16H,4-5,8,10H2,1-3H3. The van der Waals surface area contributed by atoms with Crippen molar-refractivity contribution < 1.29 is 8.42 Å². The van der Waals surface area contributed by atoms with Crippen molar-refractivity contribution >= 4 is 10.0 Å². The molecule has 0 amide bonds. The second-order valence-corrected chi connectivity index (χ2v) is 6.28. The Morgan fingerprint density at radius 3 is 2.42 bits per heavy atom. The fourth-order valence-electron chi connectivity index (χ4n) is 1.76. The first-order valence-corrected chi connectivity index (χ1v) is 8.11. The lowest BCUT2D eigenvalue weighted by atomic mass is 10.0. The zero-order valence-electron chi connectivity index (χ0n) is 11.8. The number of hydrogen-bond donors (Lipinski definition) is 2. The van der Waals surface area contributed by atoms with Crippen molar-refractivity contribution in [2.24, 2.45) is 5.92 Å². The van der Waals surface area contributed by atoms with Crippen molar-refractivity contribution in [1.82, 2.24) is 15.0 Å². The molecule has 0 spiro atoms. The lowest BCUT2D eigenvalue weighted by Crippen LogP contribution is -2.29. The van der Waals surface area contributed by atoms with Crippen molar-refractivity contribution in [3.8, 4) is 0 Å². The van der Waals surface area contributed by atoms with Crippen LogP contribution in [0, 0.1) is 5.92 Å². The van der Waals surface area contributed by atoms with Crippen LogP contribution in [0.2, 0.25) is 0 Å². The minimum Gasteiger partial charge on any atom is -0.316 e. The van der Waals surface area contributed by atoms with Gasteiger partial charge in [0.05, 0.1) is 0 Å². The van der Waals surface area contributed by atoms with Gasteiger partial charge in [-0.05, 0) is 24.6 Å². The fraction of sp³-hybridized carbons (Fsp3) is 0.615. The summed E-state index contributed by atoms with van der Waals surface area (Å²) in [6.07, 6.45) is 3.52. The largest absolute Gasteiger partial charge is 0.316 e. The molecule has 108 valence electrons. The van der Waals surface area contributed by atoms with Gasteiger partial charge in [-0.1, -0.05) is 32.8 Å². The van der Waals surface area contributed by atoms with Crippen LogP contribution >= 0.6 is 0 Å². The lowest BCUT2D eigenvalue weighted by molar-refractivity contribution is 0.478. The van der Waals surface area contributed by atoms with Crippen molar-refractivity contribution in [2.45, 2.75) is 38.3 Å². The number of rotatable bonds is 8. The minimum absolute atomic E-state index is 0.0818. The molecule has 0 bridgehead atoms. The van der Waals surface area contributed by atoms with E-state index in [4.69, 9.17) is 0 Å². The summed E-state index contributed by atoms with van der Waals surface area (Å²) in [5.41, 5.74) is 0.960. The molecule has 0 saturated heterocycles. The number of nitrogens with zero attached hydrogens (tertiary/aromatic N) is 1. The summed E-state index contributed by atoms with van der Waals surface area (Å²) >= 11 is 0. The van der Waals surface area contributed by atoms with Gasteiger partial charge in [0.1, 0.15) is 0 Å². The molecule has 19 heavy (non-hydrogen) atoms. The number of nitrogens with one attached hydrogen (secondary N) is 2. The van der Waals surface area contributed by atoms with Gasteiger partial charge in [-0.2, -0.15) is 0 Å². The third kappa shape index (κ3) is 4.89. The van der Waals surface area contributed by atoms with Crippen LogP contribution in [0.4, 0.5) is 0 Å². The van der Waals surface area contributed by atoms with E-state index < -0.39 is 10.0 Å². The minimum atomic E-state index is -3.49. The Bertz CT molecular complexity index is 467.